The van der Waals surface area contributed by atoms with Crippen LogP contribution in [0.5, 0.6) is 0 Å². The fourth-order valence-corrected chi connectivity index (χ4v) is 3.30. The number of hydrogen-bond donors (Lipinski definition) is 3. The minimum Gasteiger partial charge on any atom is -0.393 e. The summed E-state index contributed by atoms with van der Waals surface area (Å²) in [5.41, 5.74) is 2.20. The number of hydrogen-bond acceptors (Lipinski definition) is 3. The van der Waals surface area contributed by atoms with E-state index in [1.54, 1.807) is 6.20 Å². The summed E-state index contributed by atoms with van der Waals surface area (Å²) < 4.78 is 1.82. The first-order valence-electron chi connectivity index (χ1n) is 8.99. The molecule has 2 amide bonds. The topological polar surface area (TPSA) is 79.2 Å². The Kier molecular flexibility index (Phi) is 6.06. The van der Waals surface area contributed by atoms with Crippen molar-refractivity contribution in [3.63, 3.8) is 0 Å². The van der Waals surface area contributed by atoms with Gasteiger partial charge < -0.3 is 15.7 Å². The zero-order valence-electron chi connectivity index (χ0n) is 14.4. The zero-order chi connectivity index (χ0) is 17.5. The molecule has 0 saturated heterocycles. The minimum absolute atomic E-state index is 0.131. The van der Waals surface area contributed by atoms with Crippen molar-refractivity contribution in [1.29, 1.82) is 0 Å². The predicted molar refractivity (Wildman–Crippen MR) is 96.6 cm³/mol. The third-order valence-electron chi connectivity index (χ3n) is 4.71. The van der Waals surface area contributed by atoms with Crippen molar-refractivity contribution in [2.75, 3.05) is 13.1 Å². The van der Waals surface area contributed by atoms with Gasteiger partial charge in [0.25, 0.3) is 0 Å². The fraction of sp³-hybridized carbons (Fsp3) is 0.474. The number of rotatable bonds is 6. The Morgan fingerprint density at radius 1 is 1.24 bits per heavy atom. The van der Waals surface area contributed by atoms with E-state index < -0.39 is 0 Å². The molecule has 2 aromatic rings. The van der Waals surface area contributed by atoms with E-state index in [1.807, 2.05) is 29.1 Å². The van der Waals surface area contributed by atoms with Crippen LogP contribution in [0, 0.1) is 5.92 Å². The normalized spacial score (nSPS) is 20.2. The number of nitrogens with one attached hydrogen (secondary N) is 2. The van der Waals surface area contributed by atoms with Gasteiger partial charge in [-0.05, 0) is 55.4 Å². The lowest BCUT2D eigenvalue weighted by atomic mass is 9.87. The van der Waals surface area contributed by atoms with Crippen LogP contribution < -0.4 is 10.6 Å². The molecule has 1 saturated carbocycles. The summed E-state index contributed by atoms with van der Waals surface area (Å²) in [5.74, 6) is 0.393. The second kappa shape index (κ2) is 8.67. The Morgan fingerprint density at radius 2 is 2.08 bits per heavy atom. The molecule has 6 nitrogen and oxygen atoms in total. The van der Waals surface area contributed by atoms with E-state index in [2.05, 4.69) is 27.9 Å². The van der Waals surface area contributed by atoms with Crippen LogP contribution in [0.4, 0.5) is 4.79 Å². The maximum absolute atomic E-state index is 11.9. The van der Waals surface area contributed by atoms with Crippen LogP contribution >= 0.6 is 0 Å². The molecule has 1 aromatic carbocycles. The first-order chi connectivity index (χ1) is 12.2. The van der Waals surface area contributed by atoms with Crippen LogP contribution in [0.2, 0.25) is 0 Å². The zero-order valence-corrected chi connectivity index (χ0v) is 14.4. The molecule has 1 aliphatic carbocycles. The van der Waals surface area contributed by atoms with E-state index in [1.165, 1.54) is 5.56 Å². The Morgan fingerprint density at radius 3 is 2.80 bits per heavy atom. The Hall–Kier alpha value is -2.34. The Balaban J connectivity index is 1.35. The van der Waals surface area contributed by atoms with Gasteiger partial charge in [-0.2, -0.15) is 5.10 Å². The van der Waals surface area contributed by atoms with Crippen LogP contribution in [0.25, 0.3) is 5.69 Å². The summed E-state index contributed by atoms with van der Waals surface area (Å²) in [6, 6.07) is 9.92. The molecule has 1 fully saturated rings. The molecule has 6 heteroatoms. The average Bonchev–Trinajstić information content (AvgIpc) is 3.15. The standard InChI is InChI=1S/C19H26N4O2/c24-18-4-1-3-16(13-18)14-21-19(25)20-11-9-15-5-7-17(8-6-15)23-12-2-10-22-23/h2,5-8,10,12,16,18,24H,1,3-4,9,11,13-14H2,(H2,20,21,25). The number of benzene rings is 1. The molecule has 3 rings (SSSR count). The second-order valence-electron chi connectivity index (χ2n) is 6.69. The summed E-state index contributed by atoms with van der Waals surface area (Å²) in [4.78, 5) is 11.9. The predicted octanol–water partition coefficient (Wildman–Crippen LogP) is 2.27. The molecule has 0 spiro atoms. The molecule has 1 aromatic heterocycles. The molecule has 2 atom stereocenters. The van der Waals surface area contributed by atoms with E-state index in [4.69, 9.17) is 0 Å². The number of aliphatic hydroxyl groups is 1. The molecular weight excluding hydrogens is 316 g/mol. The summed E-state index contributed by atoms with van der Waals surface area (Å²) >= 11 is 0. The SMILES string of the molecule is O=C(NCCc1ccc(-n2cccn2)cc1)NCC1CCCC(O)C1. The Bertz CT molecular complexity index is 655. The minimum atomic E-state index is -0.201. The Labute approximate surface area is 148 Å². The quantitative estimate of drug-likeness (QED) is 0.753. The van der Waals surface area contributed by atoms with Crippen molar-refractivity contribution in [2.45, 2.75) is 38.2 Å². The largest absolute Gasteiger partial charge is 0.393 e. The van der Waals surface area contributed by atoms with E-state index >= 15 is 0 Å². The van der Waals surface area contributed by atoms with Crippen LogP contribution in [0.15, 0.2) is 42.7 Å². The molecule has 2 unspecified atom stereocenters. The third kappa shape index (κ3) is 5.32. The molecule has 0 radical (unpaired) electrons. The smallest absolute Gasteiger partial charge is 0.314 e. The van der Waals surface area contributed by atoms with Crippen molar-refractivity contribution in [3.05, 3.63) is 48.3 Å². The highest BCUT2D eigenvalue weighted by atomic mass is 16.3. The number of amides is 2. The van der Waals surface area contributed by atoms with Crippen molar-refractivity contribution in [1.82, 2.24) is 20.4 Å². The van der Waals surface area contributed by atoms with E-state index in [-0.39, 0.29) is 12.1 Å². The number of carbonyl (C=O) groups excluding carboxylic acids is 1. The monoisotopic (exact) mass is 342 g/mol. The van der Waals surface area contributed by atoms with Gasteiger partial charge in [0.15, 0.2) is 0 Å². The molecular formula is C19H26N4O2. The van der Waals surface area contributed by atoms with Gasteiger partial charge in [0, 0.05) is 25.5 Å². The summed E-state index contributed by atoms with van der Waals surface area (Å²) in [7, 11) is 0. The molecule has 134 valence electrons. The maximum atomic E-state index is 11.9. The van der Waals surface area contributed by atoms with Gasteiger partial charge in [0.05, 0.1) is 11.8 Å². The number of aliphatic hydroxyl groups excluding tert-OH is 1. The summed E-state index contributed by atoms with van der Waals surface area (Å²) in [6.45, 7) is 1.24. The van der Waals surface area contributed by atoms with Gasteiger partial charge in [0.1, 0.15) is 0 Å². The van der Waals surface area contributed by atoms with Crippen molar-refractivity contribution < 1.29 is 9.90 Å². The van der Waals surface area contributed by atoms with Crippen molar-refractivity contribution in [2.24, 2.45) is 5.92 Å². The third-order valence-corrected chi connectivity index (χ3v) is 4.71. The van der Waals surface area contributed by atoms with Crippen molar-refractivity contribution >= 4 is 6.03 Å². The van der Waals surface area contributed by atoms with Crippen LogP contribution in [0.3, 0.4) is 0 Å². The van der Waals surface area contributed by atoms with Gasteiger partial charge in [-0.3, -0.25) is 0 Å². The average molecular weight is 342 g/mol. The fourth-order valence-electron chi connectivity index (χ4n) is 3.30. The van der Waals surface area contributed by atoms with Crippen molar-refractivity contribution in [3.8, 4) is 5.69 Å². The lowest BCUT2D eigenvalue weighted by Gasteiger charge is -2.25. The highest BCUT2D eigenvalue weighted by Crippen LogP contribution is 2.23. The highest BCUT2D eigenvalue weighted by molar-refractivity contribution is 5.73. The lowest BCUT2D eigenvalue weighted by molar-refractivity contribution is 0.101. The highest BCUT2D eigenvalue weighted by Gasteiger charge is 2.20. The summed E-state index contributed by atoms with van der Waals surface area (Å²) in [6.07, 6.45) is 8.06. The van der Waals surface area contributed by atoms with E-state index in [0.29, 0.717) is 19.0 Å². The van der Waals surface area contributed by atoms with E-state index in [9.17, 15) is 9.90 Å². The number of carbonyl (C=O) groups is 1. The van der Waals surface area contributed by atoms with Gasteiger partial charge in [-0.15, -0.1) is 0 Å². The molecule has 1 aliphatic rings. The first kappa shape index (κ1) is 17.5. The number of urea groups is 1. The van der Waals surface area contributed by atoms with Gasteiger partial charge in [-0.25, -0.2) is 9.48 Å². The van der Waals surface area contributed by atoms with Crippen LogP contribution in [-0.2, 0) is 6.42 Å². The summed E-state index contributed by atoms with van der Waals surface area (Å²) in [5, 5.41) is 19.7. The van der Waals surface area contributed by atoms with Gasteiger partial charge in [0.2, 0.25) is 0 Å². The van der Waals surface area contributed by atoms with Gasteiger partial charge in [-0.1, -0.05) is 18.6 Å². The second-order valence-corrected chi connectivity index (χ2v) is 6.69. The molecule has 1 heterocycles. The molecule has 0 aliphatic heterocycles. The first-order valence-corrected chi connectivity index (χ1v) is 8.99. The molecule has 25 heavy (non-hydrogen) atoms. The van der Waals surface area contributed by atoms with E-state index in [0.717, 1.165) is 37.8 Å². The molecule has 0 bridgehead atoms. The molecule has 3 N–H and O–H groups in total. The number of aromatic nitrogens is 2. The van der Waals surface area contributed by atoms with Crippen LogP contribution in [-0.4, -0.2) is 40.1 Å². The number of nitrogens with zero attached hydrogens (tertiary/aromatic N) is 2. The lowest BCUT2D eigenvalue weighted by Crippen LogP contribution is -2.40. The van der Waals surface area contributed by atoms with Crippen LogP contribution in [0.1, 0.15) is 31.2 Å². The van der Waals surface area contributed by atoms with Gasteiger partial charge >= 0.3 is 6.03 Å². The maximum Gasteiger partial charge on any atom is 0.314 e.